The first-order valence-electron chi connectivity index (χ1n) is 11.0. The van der Waals surface area contributed by atoms with Gasteiger partial charge in [0.25, 0.3) is 0 Å². The zero-order chi connectivity index (χ0) is 23.2. The monoisotopic (exact) mass is 441 g/mol. The highest BCUT2D eigenvalue weighted by molar-refractivity contribution is 5.89. The summed E-state index contributed by atoms with van der Waals surface area (Å²) >= 11 is 0. The van der Waals surface area contributed by atoms with Gasteiger partial charge in [0.2, 0.25) is 5.91 Å². The van der Waals surface area contributed by atoms with Crippen LogP contribution in [0.4, 0.5) is 5.69 Å². The standard InChI is InChI=1S/C27H27N3O3/c1-19(31)29-23-12-14-26(28-17-23)30-18-22(11-8-20-6-4-3-5-7-20)24-16-21(9-13-25(24)30)10-15-27(32)33-2/h3-7,9,12-14,16-18H,8,10-11,15H2,1-2H3,(H,29,31). The Bertz CT molecular complexity index is 1260. The molecule has 0 aliphatic heterocycles. The molecular formula is C27H27N3O3. The molecule has 0 atom stereocenters. The van der Waals surface area contributed by atoms with E-state index in [1.165, 1.54) is 25.2 Å². The van der Waals surface area contributed by atoms with Crippen molar-refractivity contribution in [3.8, 4) is 5.82 Å². The summed E-state index contributed by atoms with van der Waals surface area (Å²) in [6.07, 6.45) is 6.61. The molecule has 2 aromatic heterocycles. The normalized spacial score (nSPS) is 10.8. The molecule has 0 radical (unpaired) electrons. The van der Waals surface area contributed by atoms with E-state index >= 15 is 0 Å². The van der Waals surface area contributed by atoms with E-state index in [4.69, 9.17) is 4.74 Å². The molecule has 0 saturated heterocycles. The first-order valence-corrected chi connectivity index (χ1v) is 11.0. The summed E-state index contributed by atoms with van der Waals surface area (Å²) in [4.78, 5) is 27.5. The molecule has 0 aliphatic rings. The number of rotatable bonds is 8. The van der Waals surface area contributed by atoms with Gasteiger partial charge in [-0.25, -0.2) is 4.98 Å². The summed E-state index contributed by atoms with van der Waals surface area (Å²) in [5, 5.41) is 3.90. The fraction of sp³-hybridized carbons (Fsp3) is 0.222. The molecule has 33 heavy (non-hydrogen) atoms. The fourth-order valence-electron chi connectivity index (χ4n) is 3.97. The molecule has 0 fully saturated rings. The van der Waals surface area contributed by atoms with Crippen LogP contribution in [0, 0.1) is 0 Å². The van der Waals surface area contributed by atoms with Crippen molar-refractivity contribution in [2.75, 3.05) is 12.4 Å². The van der Waals surface area contributed by atoms with E-state index in [2.05, 4.69) is 63.5 Å². The second-order valence-electron chi connectivity index (χ2n) is 8.02. The summed E-state index contributed by atoms with van der Waals surface area (Å²) in [7, 11) is 1.41. The van der Waals surface area contributed by atoms with Gasteiger partial charge >= 0.3 is 5.97 Å². The highest BCUT2D eigenvalue weighted by Gasteiger charge is 2.13. The third kappa shape index (κ3) is 5.47. The first-order chi connectivity index (χ1) is 16.0. The van der Waals surface area contributed by atoms with Crippen LogP contribution >= 0.6 is 0 Å². The Balaban J connectivity index is 1.68. The number of carbonyl (C=O) groups is 2. The highest BCUT2D eigenvalue weighted by atomic mass is 16.5. The van der Waals surface area contributed by atoms with Gasteiger partial charge in [0.05, 0.1) is 24.5 Å². The number of fused-ring (bicyclic) bond motifs is 1. The topological polar surface area (TPSA) is 73.2 Å². The first kappa shape index (κ1) is 22.3. The molecule has 168 valence electrons. The number of anilines is 1. The van der Waals surface area contributed by atoms with Gasteiger partial charge in [-0.15, -0.1) is 0 Å². The lowest BCUT2D eigenvalue weighted by atomic mass is 10.0. The van der Waals surface area contributed by atoms with Crippen LogP contribution in [0.3, 0.4) is 0 Å². The maximum Gasteiger partial charge on any atom is 0.305 e. The van der Waals surface area contributed by atoms with E-state index in [9.17, 15) is 9.59 Å². The maximum absolute atomic E-state index is 11.6. The van der Waals surface area contributed by atoms with Gasteiger partial charge in [0, 0.05) is 24.9 Å². The molecule has 0 bridgehead atoms. The van der Waals surface area contributed by atoms with Gasteiger partial charge in [-0.2, -0.15) is 0 Å². The second-order valence-corrected chi connectivity index (χ2v) is 8.02. The number of hydrogen-bond acceptors (Lipinski definition) is 4. The molecule has 4 aromatic rings. The Morgan fingerprint density at radius 3 is 2.48 bits per heavy atom. The van der Waals surface area contributed by atoms with Crippen LogP contribution in [0.15, 0.2) is 73.1 Å². The van der Waals surface area contributed by atoms with Crippen molar-refractivity contribution < 1.29 is 14.3 Å². The van der Waals surface area contributed by atoms with E-state index in [-0.39, 0.29) is 11.9 Å². The SMILES string of the molecule is COC(=O)CCc1ccc2c(c1)c(CCc1ccccc1)cn2-c1ccc(NC(C)=O)cn1. The number of nitrogens with one attached hydrogen (secondary N) is 1. The molecule has 1 amide bonds. The van der Waals surface area contributed by atoms with Crippen LogP contribution in [-0.2, 0) is 33.6 Å². The number of pyridine rings is 1. The molecule has 6 nitrogen and oxygen atoms in total. The quantitative estimate of drug-likeness (QED) is 0.396. The number of nitrogens with zero attached hydrogens (tertiary/aromatic N) is 2. The highest BCUT2D eigenvalue weighted by Crippen LogP contribution is 2.27. The van der Waals surface area contributed by atoms with Crippen molar-refractivity contribution in [3.63, 3.8) is 0 Å². The van der Waals surface area contributed by atoms with Crippen LogP contribution in [0.5, 0.6) is 0 Å². The van der Waals surface area contributed by atoms with E-state index in [0.717, 1.165) is 35.1 Å². The minimum Gasteiger partial charge on any atom is -0.469 e. The summed E-state index contributed by atoms with van der Waals surface area (Å²) in [6.45, 7) is 1.48. The number of aromatic nitrogens is 2. The van der Waals surface area contributed by atoms with Crippen LogP contribution in [-0.4, -0.2) is 28.5 Å². The van der Waals surface area contributed by atoms with Crippen LogP contribution in [0.2, 0.25) is 0 Å². The number of benzene rings is 2. The zero-order valence-corrected chi connectivity index (χ0v) is 18.9. The van der Waals surface area contributed by atoms with Crippen LogP contribution in [0.25, 0.3) is 16.7 Å². The molecule has 0 unspecified atom stereocenters. The smallest absolute Gasteiger partial charge is 0.305 e. The van der Waals surface area contributed by atoms with Crippen LogP contribution in [0.1, 0.15) is 30.0 Å². The minimum absolute atomic E-state index is 0.126. The van der Waals surface area contributed by atoms with Crippen molar-refractivity contribution in [2.45, 2.75) is 32.6 Å². The van der Waals surface area contributed by atoms with Gasteiger partial charge < -0.3 is 14.6 Å². The van der Waals surface area contributed by atoms with Gasteiger partial charge in [0.15, 0.2) is 0 Å². The van der Waals surface area contributed by atoms with Gasteiger partial charge in [0.1, 0.15) is 5.82 Å². The van der Waals surface area contributed by atoms with Gasteiger partial charge in [-0.05, 0) is 60.2 Å². The van der Waals surface area contributed by atoms with Crippen molar-refractivity contribution in [1.82, 2.24) is 9.55 Å². The average molecular weight is 442 g/mol. The van der Waals surface area contributed by atoms with Crippen molar-refractivity contribution in [1.29, 1.82) is 0 Å². The molecule has 4 rings (SSSR count). The van der Waals surface area contributed by atoms with Gasteiger partial charge in [-0.3, -0.25) is 9.59 Å². The minimum atomic E-state index is -0.208. The summed E-state index contributed by atoms with van der Waals surface area (Å²) in [5.74, 6) is 0.446. The molecule has 2 heterocycles. The lowest BCUT2D eigenvalue weighted by molar-refractivity contribution is -0.140. The largest absolute Gasteiger partial charge is 0.469 e. The van der Waals surface area contributed by atoms with E-state index < -0.39 is 0 Å². The number of esters is 1. The van der Waals surface area contributed by atoms with Crippen LogP contribution < -0.4 is 5.32 Å². The zero-order valence-electron chi connectivity index (χ0n) is 18.9. The Morgan fingerprint density at radius 2 is 1.79 bits per heavy atom. The van der Waals surface area contributed by atoms with E-state index in [0.29, 0.717) is 18.5 Å². The number of ether oxygens (including phenoxy) is 1. The molecule has 1 N–H and O–H groups in total. The van der Waals surface area contributed by atoms with Crippen molar-refractivity contribution >= 4 is 28.5 Å². The average Bonchev–Trinajstić information content (AvgIpc) is 3.20. The predicted molar refractivity (Wildman–Crippen MR) is 130 cm³/mol. The summed E-state index contributed by atoms with van der Waals surface area (Å²) in [5.41, 5.74) is 5.33. The van der Waals surface area contributed by atoms with E-state index in [1.54, 1.807) is 6.20 Å². The number of amides is 1. The van der Waals surface area contributed by atoms with E-state index in [1.807, 2.05) is 18.2 Å². The number of aryl methyl sites for hydroxylation is 3. The lowest BCUT2D eigenvalue weighted by Gasteiger charge is -2.07. The Labute approximate surface area is 193 Å². The summed E-state index contributed by atoms with van der Waals surface area (Å²) in [6, 6.07) is 20.5. The molecular weight excluding hydrogens is 414 g/mol. The Kier molecular flexibility index (Phi) is 6.83. The number of methoxy groups -OCH3 is 1. The lowest BCUT2D eigenvalue weighted by Crippen LogP contribution is -2.06. The van der Waals surface area contributed by atoms with Crippen molar-refractivity contribution in [2.24, 2.45) is 0 Å². The Morgan fingerprint density at radius 1 is 0.970 bits per heavy atom. The fourth-order valence-corrected chi connectivity index (χ4v) is 3.97. The van der Waals surface area contributed by atoms with Crippen molar-refractivity contribution in [3.05, 3.63) is 89.7 Å². The number of carbonyl (C=O) groups excluding carboxylic acids is 2. The molecule has 0 aliphatic carbocycles. The molecule has 0 spiro atoms. The predicted octanol–water partition coefficient (Wildman–Crippen LogP) is 4.87. The summed E-state index contributed by atoms with van der Waals surface area (Å²) < 4.78 is 6.87. The molecule has 2 aromatic carbocycles. The third-order valence-corrected chi connectivity index (χ3v) is 5.64. The molecule has 0 saturated carbocycles. The third-order valence-electron chi connectivity index (χ3n) is 5.64. The Hall–Kier alpha value is -3.93. The second kappa shape index (κ2) is 10.1. The maximum atomic E-state index is 11.6. The van der Waals surface area contributed by atoms with Gasteiger partial charge in [-0.1, -0.05) is 36.4 Å². The molecule has 6 heteroatoms. The number of hydrogen-bond donors (Lipinski definition) is 1.